The van der Waals surface area contributed by atoms with Crippen molar-refractivity contribution in [1.82, 2.24) is 9.80 Å². The Labute approximate surface area is 454 Å². The third kappa shape index (κ3) is 9.64. The topological polar surface area (TPSA) is 264 Å². The molecule has 2 N–H and O–H groups in total. The minimum atomic E-state index is -2.74. The van der Waals surface area contributed by atoms with Crippen LogP contribution >= 0.6 is 34.0 Å². The van der Waals surface area contributed by atoms with Gasteiger partial charge in [0, 0.05) is 16.7 Å². The summed E-state index contributed by atoms with van der Waals surface area (Å²) >= 11 is 3.01. The lowest BCUT2D eigenvalue weighted by Crippen LogP contribution is -2.52. The highest BCUT2D eigenvalue weighted by Crippen LogP contribution is 2.60. The van der Waals surface area contributed by atoms with Crippen molar-refractivity contribution in [2.45, 2.75) is 45.9 Å². The number of amides is 6. The number of esters is 2. The molecule has 78 heavy (non-hydrogen) atoms. The van der Waals surface area contributed by atoms with Crippen LogP contribution < -0.4 is 10.5 Å². The SMILES string of the molecule is CC1=C(N)C(=O)N(C(=O)OCc2ccccc2)C(=O)C1=Nc1cc2c(s1)-c1sc3cc(N=C4C(=O)N(C(=O)OCc5ccccc5)C(=O)C(C#N)=C4C)sc3c1OC2(C(=O)OCc1ccccc1)C(=O)OCc1ccccc1. The van der Waals surface area contributed by atoms with Crippen LogP contribution in [0.25, 0.3) is 19.2 Å². The molecule has 0 aliphatic carbocycles. The summed E-state index contributed by atoms with van der Waals surface area (Å²) in [5.74, 6) is -7.03. The lowest BCUT2D eigenvalue weighted by Gasteiger charge is -2.33. The first-order valence-corrected chi connectivity index (χ1v) is 25.9. The Hall–Kier alpha value is -9.69. The van der Waals surface area contributed by atoms with Gasteiger partial charge in [-0.2, -0.15) is 15.1 Å². The number of carbonyl (C=O) groups is 8. The standard InChI is InChI=1S/C56H38N6O13S3/c1-30-36(25-57)48(63)61(54(69)73-28-34-19-11-5-12-20-34)50(65)42(30)60-40-24-38-46(78-40)44-47(76-38)45-37(56(75-44,52(67)71-26-32-15-7-3-8-16-32)53(68)72-27-33-17-9-4-10-18-33)23-39(77-45)59-43-31(2)41(58)49(64)62(51(43)66)55(70)74-29-35-21-13-6-14-22-35/h3-24H,26-29,58H2,1-2H3. The number of hydrogen-bond acceptors (Lipinski definition) is 20. The molecule has 3 aliphatic rings. The van der Waals surface area contributed by atoms with Gasteiger partial charge in [0.2, 0.25) is 0 Å². The Balaban J connectivity index is 1.08. The number of fused-ring (bicyclic) bond motifs is 5. The van der Waals surface area contributed by atoms with E-state index >= 15 is 9.59 Å². The van der Waals surface area contributed by atoms with Crippen molar-refractivity contribution in [1.29, 1.82) is 5.26 Å². The molecule has 388 valence electrons. The van der Waals surface area contributed by atoms with Crippen LogP contribution in [0.15, 0.2) is 166 Å². The molecule has 0 atom stereocenters. The van der Waals surface area contributed by atoms with E-state index in [1.165, 1.54) is 19.9 Å². The van der Waals surface area contributed by atoms with E-state index in [0.717, 1.165) is 34.0 Å². The average Bonchev–Trinajstić information content (AvgIpc) is 4.27. The Bertz CT molecular complexity index is 3780. The minimum absolute atomic E-state index is 0.00777. The monoisotopic (exact) mass is 1100 g/mol. The van der Waals surface area contributed by atoms with E-state index in [1.807, 2.05) is 0 Å². The van der Waals surface area contributed by atoms with Gasteiger partial charge < -0.3 is 29.4 Å². The van der Waals surface area contributed by atoms with Crippen LogP contribution in [0.5, 0.6) is 5.75 Å². The quantitative estimate of drug-likeness (QED) is 0.0517. The highest BCUT2D eigenvalue weighted by atomic mass is 32.1. The molecule has 6 heterocycles. The van der Waals surface area contributed by atoms with E-state index in [2.05, 4.69) is 9.98 Å². The van der Waals surface area contributed by atoms with Crippen molar-refractivity contribution in [3.8, 4) is 21.6 Å². The molecule has 0 unspecified atom stereocenters. The maximum atomic E-state index is 15.1. The second kappa shape index (κ2) is 21.5. The van der Waals surface area contributed by atoms with Gasteiger partial charge in [0.25, 0.3) is 23.6 Å². The Morgan fingerprint density at radius 1 is 0.577 bits per heavy atom. The van der Waals surface area contributed by atoms with Crippen LogP contribution in [-0.2, 0) is 79.7 Å². The lowest BCUT2D eigenvalue weighted by molar-refractivity contribution is -0.183. The summed E-state index contributed by atoms with van der Waals surface area (Å²) in [6.45, 7) is 1.53. The van der Waals surface area contributed by atoms with E-state index in [1.54, 1.807) is 133 Å². The molecule has 7 aromatic rings. The number of imide groups is 6. The third-order valence-electron chi connectivity index (χ3n) is 12.4. The lowest BCUT2D eigenvalue weighted by atomic mass is 9.91. The summed E-state index contributed by atoms with van der Waals surface area (Å²) in [7, 11) is 0. The van der Waals surface area contributed by atoms with Gasteiger partial charge in [-0.25, -0.2) is 29.2 Å². The fourth-order valence-electron chi connectivity index (χ4n) is 8.29. The van der Waals surface area contributed by atoms with E-state index < -0.39 is 76.0 Å². The molecule has 3 aliphatic heterocycles. The van der Waals surface area contributed by atoms with E-state index in [4.69, 9.17) is 29.4 Å². The number of nitrogens with zero attached hydrogens (tertiary/aromatic N) is 5. The normalized spacial score (nSPS) is 16.0. The molecule has 4 aromatic carbocycles. The summed E-state index contributed by atoms with van der Waals surface area (Å²) < 4.78 is 30.0. The first-order valence-electron chi connectivity index (χ1n) is 23.4. The summed E-state index contributed by atoms with van der Waals surface area (Å²) in [6, 6.07) is 39.1. The van der Waals surface area contributed by atoms with Crippen LogP contribution in [0.3, 0.4) is 0 Å². The number of ether oxygens (including phenoxy) is 5. The molecule has 0 radical (unpaired) electrons. The van der Waals surface area contributed by atoms with E-state index in [0.29, 0.717) is 36.5 Å². The fraction of sp³-hybridized carbons (Fsp3) is 0.125. The van der Waals surface area contributed by atoms with Gasteiger partial charge in [-0.15, -0.1) is 34.0 Å². The number of thiophene rings is 3. The van der Waals surface area contributed by atoms with Crippen LogP contribution in [0.4, 0.5) is 19.6 Å². The first-order chi connectivity index (χ1) is 37.7. The summed E-state index contributed by atoms with van der Waals surface area (Å²) in [5, 5.41) is 10.2. The molecule has 0 bridgehead atoms. The number of carbonyl (C=O) groups excluding carboxylic acids is 8. The number of nitrogens with two attached hydrogens (primary N) is 1. The van der Waals surface area contributed by atoms with Gasteiger partial charge in [-0.1, -0.05) is 121 Å². The Morgan fingerprint density at radius 3 is 1.49 bits per heavy atom. The molecule has 3 aromatic heterocycles. The van der Waals surface area contributed by atoms with Crippen LogP contribution in [0.2, 0.25) is 0 Å². The first kappa shape index (κ1) is 51.8. The van der Waals surface area contributed by atoms with Crippen molar-refractivity contribution >= 4 is 113 Å². The molecule has 19 nitrogen and oxygen atoms in total. The second-order valence-corrected chi connectivity index (χ2v) is 20.4. The second-order valence-electron chi connectivity index (χ2n) is 17.3. The predicted octanol–water partition coefficient (Wildman–Crippen LogP) is 9.39. The maximum absolute atomic E-state index is 15.1. The van der Waals surface area contributed by atoms with Crippen LogP contribution in [0.1, 0.15) is 41.7 Å². The van der Waals surface area contributed by atoms with Gasteiger partial charge in [-0.05, 0) is 48.2 Å². The van der Waals surface area contributed by atoms with Crippen LogP contribution in [0, 0.1) is 11.3 Å². The molecule has 0 spiro atoms. The van der Waals surface area contributed by atoms with Crippen molar-refractivity contribution in [2.75, 3.05) is 0 Å². The molecular formula is C56H38N6O13S3. The molecule has 6 amide bonds. The zero-order valence-corrected chi connectivity index (χ0v) is 43.3. The van der Waals surface area contributed by atoms with Gasteiger partial charge in [0.05, 0.1) is 19.2 Å². The highest BCUT2D eigenvalue weighted by molar-refractivity contribution is 7.33. The Kier molecular flexibility index (Phi) is 14.3. The number of rotatable bonds is 12. The highest BCUT2D eigenvalue weighted by Gasteiger charge is 2.59. The van der Waals surface area contributed by atoms with Crippen molar-refractivity contribution in [3.63, 3.8) is 0 Å². The largest absolute Gasteiger partial charge is 0.457 e. The molecular weight excluding hydrogens is 1060 g/mol. The summed E-state index contributed by atoms with van der Waals surface area (Å²) in [5.41, 5.74) is 3.70. The number of nitriles is 1. The average molecular weight is 1100 g/mol. The zero-order chi connectivity index (χ0) is 54.8. The van der Waals surface area contributed by atoms with Crippen molar-refractivity contribution in [2.24, 2.45) is 15.7 Å². The fourth-order valence-corrected chi connectivity index (χ4v) is 11.9. The van der Waals surface area contributed by atoms with Gasteiger partial charge in [-0.3, -0.25) is 19.2 Å². The van der Waals surface area contributed by atoms with Gasteiger partial charge in [0.1, 0.15) is 65.2 Å². The molecule has 0 saturated heterocycles. The van der Waals surface area contributed by atoms with Gasteiger partial charge >= 0.3 is 29.7 Å². The summed E-state index contributed by atoms with van der Waals surface area (Å²) in [6.07, 6.45) is -2.63. The number of benzene rings is 4. The van der Waals surface area contributed by atoms with Crippen molar-refractivity contribution < 1.29 is 62.0 Å². The maximum Gasteiger partial charge on any atom is 0.424 e. The van der Waals surface area contributed by atoms with Gasteiger partial charge in [0.15, 0.2) is 5.75 Å². The smallest absolute Gasteiger partial charge is 0.424 e. The number of aliphatic imine (C=N–C) groups is 2. The minimum Gasteiger partial charge on any atom is -0.457 e. The zero-order valence-electron chi connectivity index (χ0n) is 40.9. The Morgan fingerprint density at radius 2 is 1.01 bits per heavy atom. The molecule has 22 heteroatoms. The third-order valence-corrected chi connectivity index (χ3v) is 15.8. The number of hydrogen-bond donors (Lipinski definition) is 1. The summed E-state index contributed by atoms with van der Waals surface area (Å²) in [4.78, 5) is 122. The van der Waals surface area contributed by atoms with Crippen molar-refractivity contribution in [3.05, 3.63) is 184 Å². The van der Waals surface area contributed by atoms with E-state index in [9.17, 15) is 34.0 Å². The predicted molar refractivity (Wildman–Crippen MR) is 284 cm³/mol. The molecule has 0 saturated carbocycles. The molecule has 10 rings (SSSR count). The van der Waals surface area contributed by atoms with E-state index in [-0.39, 0.29) is 73.6 Å². The van der Waals surface area contributed by atoms with Crippen LogP contribution in [-0.4, -0.2) is 69.0 Å². The molecule has 0 fully saturated rings.